The van der Waals surface area contributed by atoms with Crippen molar-refractivity contribution in [2.24, 2.45) is 9.98 Å². The van der Waals surface area contributed by atoms with E-state index in [-0.39, 0.29) is 0 Å². The molecule has 0 aliphatic carbocycles. The van der Waals surface area contributed by atoms with Crippen LogP contribution in [0.25, 0.3) is 0 Å². The van der Waals surface area contributed by atoms with Crippen LogP contribution >= 0.6 is 12.6 Å². The van der Waals surface area contributed by atoms with E-state index in [1.165, 1.54) is 0 Å². The molecule has 0 aromatic carbocycles. The monoisotopic (exact) mass is 128 g/mol. The molecular weight excluding hydrogens is 120 g/mol. The van der Waals surface area contributed by atoms with Gasteiger partial charge in [0, 0.05) is 12.4 Å². The Morgan fingerprint density at radius 1 is 1.50 bits per heavy atom. The highest BCUT2D eigenvalue weighted by Gasteiger charge is 2.20. The molecule has 1 rings (SSSR count). The highest BCUT2D eigenvalue weighted by Crippen LogP contribution is 2.23. The molecule has 0 N–H and O–H groups in total. The Morgan fingerprint density at radius 2 is 2.00 bits per heavy atom. The first-order valence-corrected chi connectivity index (χ1v) is 3.03. The highest BCUT2D eigenvalue weighted by molar-refractivity contribution is 7.81. The lowest BCUT2D eigenvalue weighted by Gasteiger charge is -2.11. The van der Waals surface area contributed by atoms with Gasteiger partial charge >= 0.3 is 0 Å². The minimum atomic E-state index is -0.431. The number of rotatable bonds is 1. The van der Waals surface area contributed by atoms with Gasteiger partial charge in [0.1, 0.15) is 0 Å². The second-order valence-electron chi connectivity index (χ2n) is 1.68. The second-order valence-corrected chi connectivity index (χ2v) is 2.40. The van der Waals surface area contributed by atoms with Crippen LogP contribution in [0.3, 0.4) is 0 Å². The summed E-state index contributed by atoms with van der Waals surface area (Å²) < 4.78 is 0. The topological polar surface area (TPSA) is 24.7 Å². The fraction of sp³-hybridized carbons (Fsp3) is 0.600. The molecule has 0 saturated heterocycles. The maximum atomic E-state index is 4.19. The summed E-state index contributed by atoms with van der Waals surface area (Å²) in [5.74, 6) is 0. The molecule has 2 nitrogen and oxygen atoms in total. The molecule has 3 heteroatoms. The Balaban J connectivity index is 2.69. The van der Waals surface area contributed by atoms with Crippen LogP contribution in [-0.2, 0) is 0 Å². The zero-order valence-corrected chi connectivity index (χ0v) is 5.60. The van der Waals surface area contributed by atoms with Gasteiger partial charge in [0.2, 0.25) is 0 Å². The van der Waals surface area contributed by atoms with Gasteiger partial charge in [0.25, 0.3) is 0 Å². The lowest BCUT2D eigenvalue weighted by molar-refractivity contribution is 0.646. The van der Waals surface area contributed by atoms with Gasteiger partial charge in [-0.3, -0.25) is 9.98 Å². The number of thiol groups is 1. The highest BCUT2D eigenvalue weighted by atomic mass is 32.1. The molecule has 0 radical (unpaired) electrons. The van der Waals surface area contributed by atoms with Crippen LogP contribution in [0.1, 0.15) is 13.3 Å². The van der Waals surface area contributed by atoms with E-state index in [4.69, 9.17) is 0 Å². The molecule has 0 aromatic rings. The Bertz CT molecular complexity index is 127. The third-order valence-electron chi connectivity index (χ3n) is 1.10. The first-order chi connectivity index (χ1) is 3.77. The van der Waals surface area contributed by atoms with E-state index >= 15 is 0 Å². The fourth-order valence-electron chi connectivity index (χ4n) is 0.521. The van der Waals surface area contributed by atoms with E-state index in [1.54, 1.807) is 12.4 Å². The van der Waals surface area contributed by atoms with Crippen LogP contribution in [0.15, 0.2) is 9.98 Å². The van der Waals surface area contributed by atoms with Gasteiger partial charge in [-0.15, -0.1) is 12.6 Å². The molecule has 8 heavy (non-hydrogen) atoms. The Morgan fingerprint density at radius 3 is 2.25 bits per heavy atom. The predicted molar refractivity (Wildman–Crippen MR) is 39.0 cm³/mol. The van der Waals surface area contributed by atoms with Gasteiger partial charge in [-0.2, -0.15) is 0 Å². The van der Waals surface area contributed by atoms with E-state index in [2.05, 4.69) is 22.6 Å². The van der Waals surface area contributed by atoms with Crippen molar-refractivity contribution in [2.75, 3.05) is 0 Å². The molecule has 1 heterocycles. The maximum Gasteiger partial charge on any atom is 0.193 e. The van der Waals surface area contributed by atoms with Crippen molar-refractivity contribution >= 4 is 25.1 Å². The Labute approximate surface area is 54.1 Å². The zero-order chi connectivity index (χ0) is 6.04. The van der Waals surface area contributed by atoms with Crippen molar-refractivity contribution in [1.82, 2.24) is 0 Å². The van der Waals surface area contributed by atoms with Gasteiger partial charge in [-0.1, -0.05) is 6.92 Å². The predicted octanol–water partition coefficient (Wildman–Crippen LogP) is 1.14. The summed E-state index contributed by atoms with van der Waals surface area (Å²) in [4.78, 5) is 7.58. The minimum absolute atomic E-state index is 0.431. The number of hydrogen-bond donors (Lipinski definition) is 1. The molecule has 0 amide bonds. The number of nitrogens with zero attached hydrogens (tertiary/aromatic N) is 2. The SMILES string of the molecule is CCC1(S)N=CC=N1. The van der Waals surface area contributed by atoms with Gasteiger partial charge in [0.15, 0.2) is 4.99 Å². The lowest BCUT2D eigenvalue weighted by Crippen LogP contribution is -2.09. The standard InChI is InChI=1S/C5H8N2S/c1-2-5(8)6-3-4-7-5/h3-4,8H,2H2,1H3. The smallest absolute Gasteiger partial charge is 0.193 e. The van der Waals surface area contributed by atoms with Gasteiger partial charge < -0.3 is 0 Å². The summed E-state index contributed by atoms with van der Waals surface area (Å²) >= 11 is 4.19. The van der Waals surface area contributed by atoms with Crippen LogP contribution in [0.5, 0.6) is 0 Å². The first-order valence-electron chi connectivity index (χ1n) is 2.58. The van der Waals surface area contributed by atoms with Crippen LogP contribution in [-0.4, -0.2) is 17.4 Å². The summed E-state index contributed by atoms with van der Waals surface area (Å²) in [6.45, 7) is 2.01. The van der Waals surface area contributed by atoms with Crippen LogP contribution in [0.4, 0.5) is 0 Å². The van der Waals surface area contributed by atoms with Crippen molar-refractivity contribution in [2.45, 2.75) is 18.3 Å². The summed E-state index contributed by atoms with van der Waals surface area (Å²) in [5, 5.41) is 0. The van der Waals surface area contributed by atoms with Gasteiger partial charge in [0.05, 0.1) is 0 Å². The maximum absolute atomic E-state index is 4.19. The van der Waals surface area contributed by atoms with Crippen LogP contribution < -0.4 is 0 Å². The molecule has 0 bridgehead atoms. The summed E-state index contributed by atoms with van der Waals surface area (Å²) in [7, 11) is 0. The molecule has 0 aromatic heterocycles. The summed E-state index contributed by atoms with van der Waals surface area (Å²) in [5.41, 5.74) is 0. The van der Waals surface area contributed by atoms with Crippen LogP contribution in [0.2, 0.25) is 0 Å². The molecule has 0 saturated carbocycles. The third-order valence-corrected chi connectivity index (χ3v) is 1.65. The molecule has 0 fully saturated rings. The van der Waals surface area contributed by atoms with Crippen LogP contribution in [0, 0.1) is 0 Å². The van der Waals surface area contributed by atoms with E-state index in [9.17, 15) is 0 Å². The minimum Gasteiger partial charge on any atom is -0.252 e. The first kappa shape index (κ1) is 5.82. The third kappa shape index (κ3) is 0.916. The quantitative estimate of drug-likeness (QED) is 0.512. The molecule has 44 valence electrons. The van der Waals surface area contributed by atoms with E-state index < -0.39 is 4.99 Å². The summed E-state index contributed by atoms with van der Waals surface area (Å²) in [6, 6.07) is 0. The normalized spacial score (nSPS) is 22.2. The number of hydrogen-bond acceptors (Lipinski definition) is 3. The Hall–Kier alpha value is -0.310. The zero-order valence-electron chi connectivity index (χ0n) is 4.70. The fourth-order valence-corrected chi connectivity index (χ4v) is 0.655. The van der Waals surface area contributed by atoms with Crippen molar-refractivity contribution in [3.63, 3.8) is 0 Å². The largest absolute Gasteiger partial charge is 0.252 e. The van der Waals surface area contributed by atoms with Crippen molar-refractivity contribution in [3.8, 4) is 0 Å². The average molecular weight is 128 g/mol. The Kier molecular flexibility index (Phi) is 1.38. The van der Waals surface area contributed by atoms with Gasteiger partial charge in [-0.25, -0.2) is 0 Å². The van der Waals surface area contributed by atoms with Crippen molar-refractivity contribution in [3.05, 3.63) is 0 Å². The second kappa shape index (κ2) is 1.90. The van der Waals surface area contributed by atoms with E-state index in [0.29, 0.717) is 0 Å². The molecule has 0 spiro atoms. The molecule has 1 aliphatic rings. The molecule has 1 aliphatic heterocycles. The average Bonchev–Trinajstić information content (AvgIpc) is 2.17. The lowest BCUT2D eigenvalue weighted by atomic mass is 10.4. The van der Waals surface area contributed by atoms with Crippen molar-refractivity contribution < 1.29 is 0 Å². The summed E-state index contributed by atoms with van der Waals surface area (Å²) in [6.07, 6.45) is 4.20. The van der Waals surface area contributed by atoms with Gasteiger partial charge in [-0.05, 0) is 6.42 Å². The molecule has 0 atom stereocenters. The van der Waals surface area contributed by atoms with Crippen molar-refractivity contribution in [1.29, 1.82) is 0 Å². The number of aliphatic imine (C=N–C) groups is 2. The molecule has 0 unspecified atom stereocenters. The van der Waals surface area contributed by atoms with E-state index in [1.807, 2.05) is 6.92 Å². The van der Waals surface area contributed by atoms with E-state index in [0.717, 1.165) is 6.42 Å². The molecular formula is C5H8N2S.